The molecule has 38 heavy (non-hydrogen) atoms. The Morgan fingerprint density at radius 3 is 1.68 bits per heavy atom. The fourth-order valence-electron chi connectivity index (χ4n) is 5.41. The largest absolute Gasteiger partial charge is 0.309 e. The van der Waals surface area contributed by atoms with Gasteiger partial charge in [0.2, 0.25) is 0 Å². The monoisotopic (exact) mass is 549 g/mol. The van der Waals surface area contributed by atoms with E-state index in [0.29, 0.717) is 0 Å². The van der Waals surface area contributed by atoms with Gasteiger partial charge in [0.05, 0.1) is 11.0 Å². The highest BCUT2D eigenvalue weighted by Gasteiger charge is 2.13. The van der Waals surface area contributed by atoms with Crippen LogP contribution in [0.2, 0.25) is 0 Å². The van der Waals surface area contributed by atoms with Crippen molar-refractivity contribution in [2.45, 2.75) is 0 Å². The van der Waals surface area contributed by atoms with Crippen molar-refractivity contribution < 1.29 is 0 Å². The molecule has 7 aromatic rings. The van der Waals surface area contributed by atoms with Crippen molar-refractivity contribution in [1.82, 2.24) is 4.57 Å². The Kier molecular flexibility index (Phi) is 5.68. The molecule has 180 valence electrons. The molecule has 0 radical (unpaired) electrons. The van der Waals surface area contributed by atoms with E-state index in [1.165, 1.54) is 55.2 Å². The van der Waals surface area contributed by atoms with Crippen molar-refractivity contribution >= 4 is 37.7 Å². The summed E-state index contributed by atoms with van der Waals surface area (Å²) in [6.07, 6.45) is 0. The van der Waals surface area contributed by atoms with Crippen LogP contribution >= 0.6 is 15.9 Å². The van der Waals surface area contributed by atoms with E-state index in [1.54, 1.807) is 0 Å². The van der Waals surface area contributed by atoms with Crippen LogP contribution in [0.15, 0.2) is 150 Å². The van der Waals surface area contributed by atoms with Gasteiger partial charge in [-0.25, -0.2) is 0 Å². The van der Waals surface area contributed by atoms with E-state index in [1.807, 2.05) is 0 Å². The Bertz CT molecular complexity index is 1910. The molecule has 0 unspecified atom stereocenters. The van der Waals surface area contributed by atoms with Crippen LogP contribution in [0.3, 0.4) is 0 Å². The molecular weight excluding hydrogens is 526 g/mol. The second-order valence-electron chi connectivity index (χ2n) is 9.59. The molecule has 0 spiro atoms. The molecule has 7 rings (SSSR count). The van der Waals surface area contributed by atoms with Gasteiger partial charge in [0, 0.05) is 20.9 Å². The highest BCUT2D eigenvalue weighted by atomic mass is 79.9. The number of para-hydroxylation sites is 1. The third-order valence-electron chi connectivity index (χ3n) is 7.26. The molecule has 0 bridgehead atoms. The summed E-state index contributed by atoms with van der Waals surface area (Å²) in [5, 5.41) is 2.53. The minimum atomic E-state index is 1.09. The molecule has 0 aliphatic heterocycles. The van der Waals surface area contributed by atoms with Gasteiger partial charge in [0.1, 0.15) is 0 Å². The molecule has 1 heterocycles. The van der Waals surface area contributed by atoms with Crippen LogP contribution in [-0.2, 0) is 0 Å². The summed E-state index contributed by atoms with van der Waals surface area (Å²) < 4.78 is 3.48. The highest BCUT2D eigenvalue weighted by molar-refractivity contribution is 9.10. The predicted molar refractivity (Wildman–Crippen MR) is 165 cm³/mol. The summed E-state index contributed by atoms with van der Waals surface area (Å²) in [7, 11) is 0. The first-order chi connectivity index (χ1) is 18.7. The van der Waals surface area contributed by atoms with Gasteiger partial charge < -0.3 is 4.57 Å². The second kappa shape index (κ2) is 9.48. The Morgan fingerprint density at radius 1 is 0.368 bits per heavy atom. The fourth-order valence-corrected chi connectivity index (χ4v) is 5.81. The van der Waals surface area contributed by atoms with Crippen molar-refractivity contribution in [2.75, 3.05) is 0 Å². The third kappa shape index (κ3) is 4.04. The van der Waals surface area contributed by atoms with Gasteiger partial charge in [0.25, 0.3) is 0 Å². The maximum Gasteiger partial charge on any atom is 0.0547 e. The molecule has 1 aromatic heterocycles. The van der Waals surface area contributed by atoms with Gasteiger partial charge in [0.15, 0.2) is 0 Å². The normalized spacial score (nSPS) is 11.3. The van der Waals surface area contributed by atoms with E-state index in [2.05, 4.69) is 166 Å². The van der Waals surface area contributed by atoms with E-state index in [4.69, 9.17) is 0 Å². The lowest BCUT2D eigenvalue weighted by Crippen LogP contribution is -1.94. The van der Waals surface area contributed by atoms with Gasteiger partial charge in [-0.05, 0) is 75.8 Å². The van der Waals surface area contributed by atoms with E-state index < -0.39 is 0 Å². The van der Waals surface area contributed by atoms with Crippen molar-refractivity contribution in [3.63, 3.8) is 0 Å². The molecule has 0 aliphatic rings. The predicted octanol–water partition coefficient (Wildman–Crippen LogP) is 10.5. The number of benzene rings is 6. The summed E-state index contributed by atoms with van der Waals surface area (Å²) in [5.41, 5.74) is 10.9. The topological polar surface area (TPSA) is 4.93 Å². The Morgan fingerprint density at radius 2 is 0.921 bits per heavy atom. The van der Waals surface area contributed by atoms with Crippen LogP contribution in [0, 0.1) is 0 Å². The molecule has 1 nitrogen and oxygen atoms in total. The van der Waals surface area contributed by atoms with Crippen LogP contribution in [0.1, 0.15) is 0 Å². The number of nitrogens with zero attached hydrogens (tertiary/aromatic N) is 1. The first kappa shape index (κ1) is 22.8. The smallest absolute Gasteiger partial charge is 0.0547 e. The molecule has 0 saturated heterocycles. The SMILES string of the molecule is Brc1cccc(-c2cccc(-c3ccc4c5ccccc5n(-c5ccc(-c6ccccc6)cc5)c4c3)c2)c1. The van der Waals surface area contributed by atoms with Crippen molar-refractivity contribution in [3.8, 4) is 39.1 Å². The van der Waals surface area contributed by atoms with E-state index >= 15 is 0 Å². The van der Waals surface area contributed by atoms with E-state index in [0.717, 1.165) is 10.2 Å². The quantitative estimate of drug-likeness (QED) is 0.205. The number of halogens is 1. The lowest BCUT2D eigenvalue weighted by molar-refractivity contribution is 1.18. The molecule has 0 amide bonds. The maximum absolute atomic E-state index is 3.61. The van der Waals surface area contributed by atoms with E-state index in [9.17, 15) is 0 Å². The number of aromatic nitrogens is 1. The molecule has 0 fully saturated rings. The van der Waals surface area contributed by atoms with Crippen LogP contribution < -0.4 is 0 Å². The molecule has 0 atom stereocenters. The standard InChI is InChI=1S/C36H24BrN/c37-31-13-7-12-29(23-31)27-10-6-11-28(22-27)30-18-21-34-33-14-4-5-15-35(33)38(36(34)24-30)32-19-16-26(17-20-32)25-8-2-1-3-9-25/h1-24H. The van der Waals surface area contributed by atoms with E-state index in [-0.39, 0.29) is 0 Å². The summed E-state index contributed by atoms with van der Waals surface area (Å²) in [4.78, 5) is 0. The van der Waals surface area contributed by atoms with Gasteiger partial charge in [-0.3, -0.25) is 0 Å². The summed E-state index contributed by atoms with van der Waals surface area (Å²) in [5.74, 6) is 0. The van der Waals surface area contributed by atoms with Gasteiger partial charge in [-0.1, -0.05) is 119 Å². The Balaban J connectivity index is 1.38. The highest BCUT2D eigenvalue weighted by Crippen LogP contribution is 2.36. The summed E-state index contributed by atoms with van der Waals surface area (Å²) in [6, 6.07) is 52.3. The van der Waals surface area contributed by atoms with Crippen LogP contribution in [-0.4, -0.2) is 4.57 Å². The third-order valence-corrected chi connectivity index (χ3v) is 7.75. The molecule has 0 aliphatic carbocycles. The summed E-state index contributed by atoms with van der Waals surface area (Å²) >= 11 is 3.61. The number of hydrogen-bond acceptors (Lipinski definition) is 0. The Hall–Kier alpha value is -4.40. The van der Waals surface area contributed by atoms with Crippen LogP contribution in [0.4, 0.5) is 0 Å². The average Bonchev–Trinajstić information content (AvgIpc) is 3.31. The number of fused-ring (bicyclic) bond motifs is 3. The first-order valence-corrected chi connectivity index (χ1v) is 13.6. The maximum atomic E-state index is 3.61. The zero-order valence-corrected chi connectivity index (χ0v) is 22.3. The first-order valence-electron chi connectivity index (χ1n) is 12.8. The van der Waals surface area contributed by atoms with Gasteiger partial charge >= 0.3 is 0 Å². The summed E-state index contributed by atoms with van der Waals surface area (Å²) in [6.45, 7) is 0. The zero-order chi connectivity index (χ0) is 25.5. The van der Waals surface area contributed by atoms with Crippen LogP contribution in [0.5, 0.6) is 0 Å². The average molecular weight is 550 g/mol. The minimum Gasteiger partial charge on any atom is -0.309 e. The molecular formula is C36H24BrN. The minimum absolute atomic E-state index is 1.09. The molecule has 2 heteroatoms. The van der Waals surface area contributed by atoms with Crippen molar-refractivity contribution in [3.05, 3.63) is 150 Å². The van der Waals surface area contributed by atoms with Crippen LogP contribution in [0.25, 0.3) is 60.9 Å². The van der Waals surface area contributed by atoms with Gasteiger partial charge in [-0.2, -0.15) is 0 Å². The van der Waals surface area contributed by atoms with Crippen molar-refractivity contribution in [1.29, 1.82) is 0 Å². The molecule has 0 saturated carbocycles. The fraction of sp³-hybridized carbons (Fsp3) is 0. The lowest BCUT2D eigenvalue weighted by atomic mass is 9.98. The second-order valence-corrected chi connectivity index (χ2v) is 10.5. The molecule has 6 aromatic carbocycles. The van der Waals surface area contributed by atoms with Gasteiger partial charge in [-0.15, -0.1) is 0 Å². The number of rotatable bonds is 4. The zero-order valence-electron chi connectivity index (χ0n) is 20.7. The number of hydrogen-bond donors (Lipinski definition) is 0. The van der Waals surface area contributed by atoms with Crippen molar-refractivity contribution in [2.24, 2.45) is 0 Å². The lowest BCUT2D eigenvalue weighted by Gasteiger charge is -2.11. The Labute approximate surface area is 230 Å². The molecule has 0 N–H and O–H groups in total.